The van der Waals surface area contributed by atoms with Gasteiger partial charge in [-0.3, -0.25) is 0 Å². The molecular formula is C13H16N2O2. The Balaban J connectivity index is 1.96. The number of nitrogens with two attached hydrogens (primary N) is 1. The van der Waals surface area contributed by atoms with E-state index in [1.807, 2.05) is 6.07 Å². The Morgan fingerprint density at radius 3 is 2.76 bits per heavy atom. The molecule has 0 amide bonds. The number of benzene rings is 1. The van der Waals surface area contributed by atoms with Crippen molar-refractivity contribution in [2.75, 3.05) is 19.5 Å². The van der Waals surface area contributed by atoms with Gasteiger partial charge in [-0.2, -0.15) is 5.26 Å². The van der Waals surface area contributed by atoms with Crippen LogP contribution >= 0.6 is 0 Å². The number of nitrogens with zero attached hydrogens (tertiary/aromatic N) is 1. The monoisotopic (exact) mass is 232 g/mol. The third-order valence-electron chi connectivity index (χ3n) is 3.16. The van der Waals surface area contributed by atoms with E-state index in [0.717, 1.165) is 18.6 Å². The summed E-state index contributed by atoms with van der Waals surface area (Å²) < 4.78 is 10.8. The van der Waals surface area contributed by atoms with Crippen LogP contribution in [0.5, 0.6) is 11.5 Å². The zero-order valence-corrected chi connectivity index (χ0v) is 9.90. The number of ether oxygens (including phenoxy) is 2. The maximum Gasteiger partial charge on any atom is 0.142 e. The molecule has 1 aromatic carbocycles. The summed E-state index contributed by atoms with van der Waals surface area (Å²) in [4.78, 5) is 0. The van der Waals surface area contributed by atoms with Gasteiger partial charge >= 0.3 is 0 Å². The minimum Gasteiger partial charge on any atom is -0.495 e. The van der Waals surface area contributed by atoms with Gasteiger partial charge in [0.15, 0.2) is 0 Å². The smallest absolute Gasteiger partial charge is 0.142 e. The molecule has 1 aromatic rings. The van der Waals surface area contributed by atoms with Crippen LogP contribution in [0.1, 0.15) is 19.3 Å². The Morgan fingerprint density at radius 1 is 1.47 bits per heavy atom. The topological polar surface area (TPSA) is 68.3 Å². The van der Waals surface area contributed by atoms with E-state index in [0.29, 0.717) is 24.5 Å². The van der Waals surface area contributed by atoms with E-state index in [-0.39, 0.29) is 5.41 Å². The maximum atomic E-state index is 8.71. The number of rotatable bonds is 5. The Hall–Kier alpha value is -1.89. The molecule has 0 heterocycles. The van der Waals surface area contributed by atoms with Crippen molar-refractivity contribution in [2.45, 2.75) is 19.3 Å². The Bertz CT molecular complexity index is 447. The van der Waals surface area contributed by atoms with Gasteiger partial charge in [0.05, 0.1) is 25.5 Å². The number of hydrogen-bond acceptors (Lipinski definition) is 4. The summed E-state index contributed by atoms with van der Waals surface area (Å²) in [5, 5.41) is 8.71. The van der Waals surface area contributed by atoms with E-state index < -0.39 is 0 Å². The second-order valence-corrected chi connectivity index (χ2v) is 4.53. The van der Waals surface area contributed by atoms with E-state index in [9.17, 15) is 0 Å². The van der Waals surface area contributed by atoms with Crippen molar-refractivity contribution in [3.05, 3.63) is 18.2 Å². The Kier molecular flexibility index (Phi) is 3.10. The van der Waals surface area contributed by atoms with Crippen molar-refractivity contribution in [3.63, 3.8) is 0 Å². The van der Waals surface area contributed by atoms with Crippen molar-refractivity contribution in [1.29, 1.82) is 5.26 Å². The van der Waals surface area contributed by atoms with Crippen molar-refractivity contribution in [1.82, 2.24) is 0 Å². The largest absolute Gasteiger partial charge is 0.495 e. The third kappa shape index (κ3) is 2.62. The first-order chi connectivity index (χ1) is 8.19. The standard InChI is InChI=1S/C13H16N2O2/c1-16-12-3-2-10(8-11(12)15)17-9-13(4-5-13)6-7-14/h2-3,8H,4-6,9,15H2,1H3. The van der Waals surface area contributed by atoms with Gasteiger partial charge in [0, 0.05) is 17.9 Å². The summed E-state index contributed by atoms with van der Waals surface area (Å²) in [5.74, 6) is 1.38. The van der Waals surface area contributed by atoms with Crippen molar-refractivity contribution < 1.29 is 9.47 Å². The second-order valence-electron chi connectivity index (χ2n) is 4.53. The molecule has 0 aliphatic heterocycles. The van der Waals surface area contributed by atoms with E-state index in [1.165, 1.54) is 0 Å². The lowest BCUT2D eigenvalue weighted by Crippen LogP contribution is -2.12. The van der Waals surface area contributed by atoms with Crippen molar-refractivity contribution >= 4 is 5.69 Å². The van der Waals surface area contributed by atoms with Crippen LogP contribution in [0, 0.1) is 16.7 Å². The zero-order valence-electron chi connectivity index (χ0n) is 9.90. The molecule has 0 saturated heterocycles. The first-order valence-electron chi connectivity index (χ1n) is 5.62. The summed E-state index contributed by atoms with van der Waals surface area (Å²) in [7, 11) is 1.58. The van der Waals surface area contributed by atoms with Gasteiger partial charge in [-0.1, -0.05) is 0 Å². The summed E-state index contributed by atoms with van der Waals surface area (Å²) in [6.45, 7) is 0.590. The molecule has 0 atom stereocenters. The van der Waals surface area contributed by atoms with Gasteiger partial charge in [0.2, 0.25) is 0 Å². The highest BCUT2D eigenvalue weighted by Gasteiger charge is 2.43. The van der Waals surface area contributed by atoms with E-state index in [1.54, 1.807) is 19.2 Å². The number of anilines is 1. The molecule has 2 N–H and O–H groups in total. The zero-order chi connectivity index (χ0) is 12.3. The molecule has 0 bridgehead atoms. The van der Waals surface area contributed by atoms with Gasteiger partial charge in [0.1, 0.15) is 11.5 Å². The van der Waals surface area contributed by atoms with Crippen LogP contribution in [0.25, 0.3) is 0 Å². The molecule has 0 aromatic heterocycles. The number of nitrogen functional groups attached to an aromatic ring is 1. The Morgan fingerprint density at radius 2 is 2.24 bits per heavy atom. The van der Waals surface area contributed by atoms with Crippen molar-refractivity contribution in [2.24, 2.45) is 5.41 Å². The minimum absolute atomic E-state index is 0.0867. The molecule has 0 spiro atoms. The molecule has 1 aliphatic rings. The fourth-order valence-corrected chi connectivity index (χ4v) is 1.76. The highest BCUT2D eigenvalue weighted by molar-refractivity contribution is 5.56. The first-order valence-corrected chi connectivity index (χ1v) is 5.62. The van der Waals surface area contributed by atoms with Crippen LogP contribution in [0.2, 0.25) is 0 Å². The molecule has 1 aliphatic carbocycles. The van der Waals surface area contributed by atoms with Crippen LogP contribution in [0.4, 0.5) is 5.69 Å². The van der Waals surface area contributed by atoms with Gasteiger partial charge in [0.25, 0.3) is 0 Å². The van der Waals surface area contributed by atoms with Crippen LogP contribution in [0.3, 0.4) is 0 Å². The lowest BCUT2D eigenvalue weighted by molar-refractivity contribution is 0.236. The fourth-order valence-electron chi connectivity index (χ4n) is 1.76. The Labute approximate surface area is 101 Å². The third-order valence-corrected chi connectivity index (χ3v) is 3.16. The average Bonchev–Trinajstić information content (AvgIpc) is 3.08. The van der Waals surface area contributed by atoms with Crippen LogP contribution < -0.4 is 15.2 Å². The summed E-state index contributed by atoms with van der Waals surface area (Å²) in [6.07, 6.45) is 2.72. The predicted octanol–water partition coefficient (Wildman–Crippen LogP) is 2.35. The van der Waals surface area contributed by atoms with Crippen LogP contribution in [-0.2, 0) is 0 Å². The molecule has 1 fully saturated rings. The van der Waals surface area contributed by atoms with Crippen LogP contribution in [0.15, 0.2) is 18.2 Å². The lowest BCUT2D eigenvalue weighted by Gasteiger charge is -2.14. The molecule has 17 heavy (non-hydrogen) atoms. The SMILES string of the molecule is COc1ccc(OCC2(CC#N)CC2)cc1N. The summed E-state index contributed by atoms with van der Waals surface area (Å²) in [6, 6.07) is 7.58. The maximum absolute atomic E-state index is 8.71. The summed E-state index contributed by atoms with van der Waals surface area (Å²) >= 11 is 0. The van der Waals surface area contributed by atoms with E-state index in [4.69, 9.17) is 20.5 Å². The van der Waals surface area contributed by atoms with Crippen molar-refractivity contribution in [3.8, 4) is 17.6 Å². The molecule has 2 rings (SSSR count). The quantitative estimate of drug-likeness (QED) is 0.791. The number of nitriles is 1. The van der Waals surface area contributed by atoms with E-state index >= 15 is 0 Å². The normalized spacial score (nSPS) is 16.0. The highest BCUT2D eigenvalue weighted by Crippen LogP contribution is 2.48. The van der Waals surface area contributed by atoms with Gasteiger partial charge in [-0.05, 0) is 25.0 Å². The molecular weight excluding hydrogens is 216 g/mol. The predicted molar refractivity (Wildman–Crippen MR) is 64.8 cm³/mol. The first kappa shape index (κ1) is 11.6. The van der Waals surface area contributed by atoms with E-state index in [2.05, 4.69) is 6.07 Å². The van der Waals surface area contributed by atoms with Gasteiger partial charge in [-0.15, -0.1) is 0 Å². The molecule has 90 valence electrons. The second kappa shape index (κ2) is 4.54. The minimum atomic E-state index is 0.0867. The average molecular weight is 232 g/mol. The van der Waals surface area contributed by atoms with Gasteiger partial charge in [-0.25, -0.2) is 0 Å². The molecule has 4 heteroatoms. The van der Waals surface area contributed by atoms with Gasteiger partial charge < -0.3 is 15.2 Å². The number of hydrogen-bond donors (Lipinski definition) is 1. The molecule has 0 unspecified atom stereocenters. The number of methoxy groups -OCH3 is 1. The molecule has 1 saturated carbocycles. The fraction of sp³-hybridized carbons (Fsp3) is 0.462. The lowest BCUT2D eigenvalue weighted by atomic mass is 10.1. The molecule has 0 radical (unpaired) electrons. The van der Waals surface area contributed by atoms with Crippen LogP contribution in [-0.4, -0.2) is 13.7 Å². The molecule has 4 nitrogen and oxygen atoms in total. The summed E-state index contributed by atoms with van der Waals surface area (Å²) in [5.41, 5.74) is 6.44. The highest BCUT2D eigenvalue weighted by atomic mass is 16.5.